The van der Waals surface area contributed by atoms with E-state index in [4.69, 9.17) is 48.9 Å². The van der Waals surface area contributed by atoms with Gasteiger partial charge in [-0.2, -0.15) is 0 Å². The minimum Gasteiger partial charge on any atom is -0.493 e. The van der Waals surface area contributed by atoms with Gasteiger partial charge in [0.2, 0.25) is 25.7 Å². The number of aromatic amines is 2. The van der Waals surface area contributed by atoms with Gasteiger partial charge < -0.3 is 28.9 Å². The van der Waals surface area contributed by atoms with E-state index in [0.717, 1.165) is 0 Å². The molecule has 330 valence electrons. The third-order valence-corrected chi connectivity index (χ3v) is 10.2. The molecule has 0 fully saturated rings. The average Bonchev–Trinajstić information content (AvgIpc) is 4.00. The van der Waals surface area contributed by atoms with Gasteiger partial charge in [0.15, 0.2) is 23.3 Å². The van der Waals surface area contributed by atoms with Gasteiger partial charge in [-0.1, -0.05) is 48.5 Å². The molecule has 4 aromatic carbocycles. The first kappa shape index (κ1) is 42.2. The van der Waals surface area contributed by atoms with Gasteiger partial charge in [-0.25, -0.2) is 65.0 Å². The average molecular weight is 891 g/mol. The number of nitrogens with one attached hydrogen (secondary N) is 2. The summed E-state index contributed by atoms with van der Waals surface area (Å²) in [5.41, 5.74) is 2.03. The van der Waals surface area contributed by atoms with Crippen LogP contribution in [0.4, 0.5) is 35.1 Å². The van der Waals surface area contributed by atoms with E-state index >= 15 is 0 Å². The van der Waals surface area contributed by atoms with Crippen molar-refractivity contribution < 1.29 is 54.1 Å². The minimum absolute atomic E-state index is 0.0474. The van der Waals surface area contributed by atoms with E-state index in [1.807, 2.05) is 0 Å². The zero-order chi connectivity index (χ0) is 44.5. The van der Waals surface area contributed by atoms with Crippen molar-refractivity contribution in [3.63, 3.8) is 0 Å². The van der Waals surface area contributed by atoms with Gasteiger partial charge in [0.1, 0.15) is 45.6 Å². The van der Waals surface area contributed by atoms with Crippen LogP contribution in [0.2, 0.25) is 0 Å². The number of halogens is 8. The number of alkyl halides is 8. The van der Waals surface area contributed by atoms with E-state index in [2.05, 4.69) is 9.97 Å². The molecule has 0 amide bonds. The third-order valence-electron chi connectivity index (χ3n) is 10.2. The fourth-order valence-electron chi connectivity index (χ4n) is 7.37. The predicted molar refractivity (Wildman–Crippen MR) is 221 cm³/mol. The fourth-order valence-corrected chi connectivity index (χ4v) is 7.37. The molecule has 9 rings (SSSR count). The molecule has 8 bridgehead atoms. The predicted octanol–water partition coefficient (Wildman–Crippen LogP) is 11.0. The van der Waals surface area contributed by atoms with Crippen molar-refractivity contribution >= 4 is 44.1 Å². The van der Waals surface area contributed by atoms with Crippen LogP contribution >= 0.6 is 0 Å². The van der Waals surface area contributed by atoms with Gasteiger partial charge in [0, 0.05) is 47.6 Å². The maximum atomic E-state index is 13.3. The summed E-state index contributed by atoms with van der Waals surface area (Å²) < 4.78 is 130. The molecular weight excluding hydrogens is 857 g/mol. The second kappa shape index (κ2) is 17.9. The molecule has 5 heterocycles. The summed E-state index contributed by atoms with van der Waals surface area (Å²) in [7, 11) is 0. The monoisotopic (exact) mass is 890 g/mol. The summed E-state index contributed by atoms with van der Waals surface area (Å²) in [6.45, 7) is -1.35. The Morgan fingerprint density at radius 1 is 0.375 bits per heavy atom. The second-order valence-electron chi connectivity index (χ2n) is 14.4. The van der Waals surface area contributed by atoms with Crippen molar-refractivity contribution in [2.45, 2.75) is 51.4 Å². The second-order valence-corrected chi connectivity index (χ2v) is 14.4. The molecule has 7 aromatic rings. The summed E-state index contributed by atoms with van der Waals surface area (Å²) in [6.07, 6.45) is -12.8. The molecule has 0 aliphatic carbocycles. The van der Waals surface area contributed by atoms with Crippen molar-refractivity contribution in [1.29, 1.82) is 0 Å². The summed E-state index contributed by atoms with van der Waals surface area (Å²) in [5.74, 6) is 0.994. The molecule has 0 radical (unpaired) electrons. The Labute approximate surface area is 356 Å². The van der Waals surface area contributed by atoms with Crippen molar-refractivity contribution in [3.8, 4) is 68.5 Å². The zero-order valence-corrected chi connectivity index (χ0v) is 33.2. The van der Waals surface area contributed by atoms with Crippen LogP contribution in [0.5, 0.6) is 23.0 Å². The van der Waals surface area contributed by atoms with Gasteiger partial charge in [-0.05, 0) is 24.3 Å². The van der Waals surface area contributed by atoms with Gasteiger partial charge >= 0.3 is 0 Å². The van der Waals surface area contributed by atoms with Crippen LogP contribution in [-0.2, 0) is 0 Å². The van der Waals surface area contributed by atoms with Crippen molar-refractivity contribution in [3.05, 3.63) is 72.8 Å². The van der Waals surface area contributed by atoms with E-state index in [1.165, 1.54) is 0 Å². The van der Waals surface area contributed by atoms with Crippen molar-refractivity contribution in [2.75, 3.05) is 26.4 Å². The molecule has 12 nitrogen and oxygen atoms in total. The summed E-state index contributed by atoms with van der Waals surface area (Å²) in [6, 6.07) is 19.6. The topological polar surface area (TPSA) is 146 Å². The van der Waals surface area contributed by atoms with Crippen LogP contribution in [0.15, 0.2) is 72.8 Å². The Balaban J connectivity index is 1.38. The number of ether oxygens (including phenoxy) is 4. The van der Waals surface area contributed by atoms with E-state index in [9.17, 15) is 35.1 Å². The lowest BCUT2D eigenvalue weighted by molar-refractivity contribution is 0.113. The van der Waals surface area contributed by atoms with Crippen molar-refractivity contribution in [2.24, 2.45) is 0 Å². The maximum absolute atomic E-state index is 13.3. The Bertz CT molecular complexity index is 2840. The first-order chi connectivity index (χ1) is 31.0. The standard InChI is InChI=1S/C44H34F8N8O4/c45-29(46)13-17-61-25-9-1-5-21-33(25)41-53-37(21)57-42-34-22(6-2-10-26(34)62-18-14-30(47)48)39(54-42)59-44-36-24(8-4-12-28(36)64-20-16-32(51)52)40(56-44)60-43-35-23(38(55-43)58-41)7-3-11-27(35)63-19-15-31(49)50/h1-12,29-32H,13-20H2,(H2,53,54,55,56,57,58,59,60). The lowest BCUT2D eigenvalue weighted by atomic mass is 10.1. The first-order valence-corrected chi connectivity index (χ1v) is 20.0. The number of fused-ring (bicyclic) bond motifs is 20. The largest absolute Gasteiger partial charge is 0.493 e. The highest BCUT2D eigenvalue weighted by Gasteiger charge is 2.28. The quantitative estimate of drug-likeness (QED) is 0.0899. The summed E-state index contributed by atoms with van der Waals surface area (Å²) in [5, 5.41) is 1.52. The molecule has 3 aromatic heterocycles. The molecule has 0 unspecified atom stereocenters. The van der Waals surface area contributed by atoms with Crippen LogP contribution < -0.4 is 18.9 Å². The summed E-state index contributed by atoms with van der Waals surface area (Å²) in [4.78, 5) is 35.7. The van der Waals surface area contributed by atoms with Gasteiger partial charge in [-0.3, -0.25) is 0 Å². The lowest BCUT2D eigenvalue weighted by Crippen LogP contribution is -2.04. The fraction of sp³-hybridized carbons (Fsp3) is 0.273. The maximum Gasteiger partial charge on any atom is 0.241 e. The van der Waals surface area contributed by atoms with Crippen LogP contribution in [0, 0.1) is 0 Å². The number of H-pyrrole nitrogens is 2. The molecule has 64 heavy (non-hydrogen) atoms. The molecule has 20 heteroatoms. The van der Waals surface area contributed by atoms with Crippen LogP contribution in [0.3, 0.4) is 0 Å². The highest BCUT2D eigenvalue weighted by molar-refractivity contribution is 6.10. The Hall–Kier alpha value is -7.12. The van der Waals surface area contributed by atoms with E-state index in [-0.39, 0.29) is 95.3 Å². The third kappa shape index (κ3) is 8.50. The Kier molecular flexibility index (Phi) is 11.8. The van der Waals surface area contributed by atoms with E-state index < -0.39 is 51.4 Å². The molecule has 0 spiro atoms. The molecular formula is C44H34F8N8O4. The molecule has 2 N–H and O–H groups in total. The van der Waals surface area contributed by atoms with Gasteiger partial charge in [-0.15, -0.1) is 0 Å². The van der Waals surface area contributed by atoms with Crippen LogP contribution in [0.1, 0.15) is 25.7 Å². The molecule has 0 saturated heterocycles. The van der Waals surface area contributed by atoms with Gasteiger partial charge in [0.05, 0.1) is 48.3 Å². The number of aromatic nitrogens is 8. The van der Waals surface area contributed by atoms with E-state index in [1.54, 1.807) is 72.8 Å². The first-order valence-electron chi connectivity index (χ1n) is 20.0. The number of nitrogens with zero attached hydrogens (tertiary/aromatic N) is 6. The molecule has 2 aliphatic rings. The minimum atomic E-state index is -2.63. The Morgan fingerprint density at radius 2 is 0.703 bits per heavy atom. The van der Waals surface area contributed by atoms with E-state index in [0.29, 0.717) is 43.8 Å². The molecule has 2 aliphatic heterocycles. The van der Waals surface area contributed by atoms with Gasteiger partial charge in [0.25, 0.3) is 0 Å². The smallest absolute Gasteiger partial charge is 0.241 e. The van der Waals surface area contributed by atoms with Crippen LogP contribution in [0.25, 0.3) is 89.7 Å². The highest BCUT2D eigenvalue weighted by Crippen LogP contribution is 2.44. The number of rotatable bonds is 16. The normalized spacial score (nSPS) is 12.2. The number of hydrogen-bond acceptors (Lipinski definition) is 10. The number of hydrogen-bond donors (Lipinski definition) is 2. The SMILES string of the molecule is FC(F)CCOc1cccc2c1-c1nc-2nc2[nH]c(nc3nc(nc4[nH]c(n1)c1cccc(OCCC(F)F)c41)-c1cccc(OCCC(F)F)c1-3)c1cccc(OCCC(F)F)c21. The lowest BCUT2D eigenvalue weighted by Gasteiger charge is -2.10. The Morgan fingerprint density at radius 3 is 1.08 bits per heavy atom. The molecule has 0 saturated carbocycles. The van der Waals surface area contributed by atoms with Crippen molar-refractivity contribution in [1.82, 2.24) is 39.9 Å². The number of benzene rings is 4. The highest BCUT2D eigenvalue weighted by atomic mass is 19.3. The molecule has 0 atom stereocenters. The zero-order valence-electron chi connectivity index (χ0n) is 33.2. The van der Waals surface area contributed by atoms with Crippen LogP contribution in [-0.4, -0.2) is 92.0 Å². The summed E-state index contributed by atoms with van der Waals surface area (Å²) >= 11 is 0.